The molecule has 10 heavy (non-hydrogen) atoms. The maximum atomic E-state index is 10.1. The number of nitrogens with zero attached hydrogens (tertiary/aromatic N) is 2. The van der Waals surface area contributed by atoms with Crippen molar-refractivity contribution in [1.82, 2.24) is 4.98 Å². The fourth-order valence-electron chi connectivity index (χ4n) is 0.539. The molecule has 1 rings (SSSR count). The summed E-state index contributed by atoms with van der Waals surface area (Å²) >= 11 is 3.07. The molecule has 1 aromatic rings. The molecule has 0 aliphatic carbocycles. The van der Waals surface area contributed by atoms with Crippen LogP contribution in [0, 0.1) is 4.91 Å². The molecule has 0 radical (unpaired) electrons. The third kappa shape index (κ3) is 1.13. The molecular formula is C5H4BrN3O. The Labute approximate surface area is 65.6 Å². The van der Waals surface area contributed by atoms with Crippen molar-refractivity contribution in [3.8, 4) is 0 Å². The average Bonchev–Trinajstić information content (AvgIpc) is 1.88. The number of nitrogens with two attached hydrogens (primary N) is 1. The summed E-state index contributed by atoms with van der Waals surface area (Å²) in [6.45, 7) is 0. The molecule has 0 aromatic carbocycles. The SMILES string of the molecule is Nc1cncc(Br)c1N=O. The maximum absolute atomic E-state index is 10.1. The highest BCUT2D eigenvalue weighted by Gasteiger charge is 2.02. The zero-order valence-electron chi connectivity index (χ0n) is 4.91. The number of nitrogen functional groups attached to an aromatic ring is 1. The van der Waals surface area contributed by atoms with Crippen molar-refractivity contribution in [2.75, 3.05) is 5.73 Å². The molecule has 0 amide bonds. The maximum Gasteiger partial charge on any atom is 0.148 e. The van der Waals surface area contributed by atoms with E-state index >= 15 is 0 Å². The Hall–Kier alpha value is -0.970. The monoisotopic (exact) mass is 201 g/mol. The van der Waals surface area contributed by atoms with Crippen LogP contribution in [0.2, 0.25) is 0 Å². The van der Waals surface area contributed by atoms with Crippen LogP contribution in [0.25, 0.3) is 0 Å². The Bertz CT molecular complexity index is 243. The molecule has 0 saturated carbocycles. The standard InChI is InChI=1S/C5H4BrN3O/c6-3-1-8-2-4(7)5(3)9-10/h1-2H,7H2. The smallest absolute Gasteiger partial charge is 0.148 e. The lowest BCUT2D eigenvalue weighted by atomic mass is 10.4. The van der Waals surface area contributed by atoms with Crippen LogP contribution in [0.5, 0.6) is 0 Å². The minimum Gasteiger partial charge on any atom is -0.396 e. The number of hydrogen-bond donors (Lipinski definition) is 1. The summed E-state index contributed by atoms with van der Waals surface area (Å²) < 4.78 is 0.516. The van der Waals surface area contributed by atoms with Gasteiger partial charge in [-0.05, 0) is 21.1 Å². The van der Waals surface area contributed by atoms with Gasteiger partial charge >= 0.3 is 0 Å². The molecule has 1 aromatic heterocycles. The first-order valence-corrected chi connectivity index (χ1v) is 3.27. The topological polar surface area (TPSA) is 68.3 Å². The van der Waals surface area contributed by atoms with Crippen LogP contribution in [0.15, 0.2) is 22.0 Å². The van der Waals surface area contributed by atoms with Crippen molar-refractivity contribution in [2.24, 2.45) is 5.18 Å². The Kier molecular flexibility index (Phi) is 1.96. The van der Waals surface area contributed by atoms with Gasteiger partial charge < -0.3 is 5.73 Å². The van der Waals surface area contributed by atoms with Crippen LogP contribution in [0.4, 0.5) is 11.4 Å². The van der Waals surface area contributed by atoms with Crippen molar-refractivity contribution in [3.63, 3.8) is 0 Å². The van der Waals surface area contributed by atoms with Gasteiger partial charge in [0.15, 0.2) is 0 Å². The number of anilines is 1. The molecule has 0 fully saturated rings. The lowest BCUT2D eigenvalue weighted by Crippen LogP contribution is -1.86. The van der Waals surface area contributed by atoms with Gasteiger partial charge in [-0.2, -0.15) is 0 Å². The van der Waals surface area contributed by atoms with Crippen molar-refractivity contribution in [2.45, 2.75) is 0 Å². The molecule has 0 bridgehead atoms. The Morgan fingerprint density at radius 1 is 1.60 bits per heavy atom. The quantitative estimate of drug-likeness (QED) is 0.706. The summed E-state index contributed by atoms with van der Waals surface area (Å²) in [6, 6.07) is 0. The predicted molar refractivity (Wildman–Crippen MR) is 41.8 cm³/mol. The second kappa shape index (κ2) is 2.74. The van der Waals surface area contributed by atoms with Gasteiger partial charge in [0.1, 0.15) is 5.69 Å². The number of aromatic nitrogens is 1. The molecule has 0 saturated heterocycles. The Balaban J connectivity index is 3.30. The summed E-state index contributed by atoms with van der Waals surface area (Å²) in [5, 5.41) is 2.71. The van der Waals surface area contributed by atoms with Gasteiger partial charge in [0.05, 0.1) is 16.4 Å². The van der Waals surface area contributed by atoms with E-state index in [2.05, 4.69) is 26.1 Å². The predicted octanol–water partition coefficient (Wildman–Crippen LogP) is 1.82. The van der Waals surface area contributed by atoms with Crippen LogP contribution in [0.1, 0.15) is 0 Å². The molecule has 0 aliphatic rings. The second-order valence-corrected chi connectivity index (χ2v) is 2.50. The Morgan fingerprint density at radius 3 is 2.70 bits per heavy atom. The number of rotatable bonds is 1. The highest BCUT2D eigenvalue weighted by Crippen LogP contribution is 2.29. The van der Waals surface area contributed by atoms with Gasteiger partial charge in [-0.3, -0.25) is 4.98 Å². The van der Waals surface area contributed by atoms with Gasteiger partial charge in [0, 0.05) is 6.20 Å². The Morgan fingerprint density at radius 2 is 2.30 bits per heavy atom. The van der Waals surface area contributed by atoms with Gasteiger partial charge in [-0.15, -0.1) is 4.91 Å². The number of pyridine rings is 1. The molecule has 0 aliphatic heterocycles. The fraction of sp³-hybridized carbons (Fsp3) is 0. The fourth-order valence-corrected chi connectivity index (χ4v) is 0.959. The molecule has 4 nitrogen and oxygen atoms in total. The van der Waals surface area contributed by atoms with E-state index in [0.717, 1.165) is 0 Å². The van der Waals surface area contributed by atoms with Crippen LogP contribution < -0.4 is 5.73 Å². The van der Waals surface area contributed by atoms with Gasteiger partial charge in [0.25, 0.3) is 0 Å². The van der Waals surface area contributed by atoms with E-state index in [0.29, 0.717) is 4.47 Å². The lowest BCUT2D eigenvalue weighted by molar-refractivity contribution is 1.29. The summed E-state index contributed by atoms with van der Waals surface area (Å²) in [5.74, 6) is 0. The van der Waals surface area contributed by atoms with Crippen molar-refractivity contribution in [1.29, 1.82) is 0 Å². The second-order valence-electron chi connectivity index (χ2n) is 1.65. The summed E-state index contributed by atoms with van der Waals surface area (Å²) in [5.41, 5.74) is 5.83. The van der Waals surface area contributed by atoms with Crippen LogP contribution in [-0.2, 0) is 0 Å². The number of nitroso groups, excluding NO2 is 1. The zero-order chi connectivity index (χ0) is 7.56. The van der Waals surface area contributed by atoms with Crippen LogP contribution >= 0.6 is 15.9 Å². The lowest BCUT2D eigenvalue weighted by Gasteiger charge is -1.95. The van der Waals surface area contributed by atoms with E-state index in [4.69, 9.17) is 5.73 Å². The van der Waals surface area contributed by atoms with Crippen LogP contribution in [-0.4, -0.2) is 4.98 Å². The van der Waals surface area contributed by atoms with E-state index in [9.17, 15) is 4.91 Å². The molecule has 5 heteroatoms. The number of halogens is 1. The van der Waals surface area contributed by atoms with Gasteiger partial charge in [-0.25, -0.2) is 0 Å². The van der Waals surface area contributed by atoms with Gasteiger partial charge in [0.2, 0.25) is 0 Å². The summed E-state index contributed by atoms with van der Waals surface area (Å²) in [6.07, 6.45) is 2.84. The van der Waals surface area contributed by atoms with E-state index < -0.39 is 0 Å². The van der Waals surface area contributed by atoms with E-state index in [1.165, 1.54) is 12.4 Å². The van der Waals surface area contributed by atoms with E-state index in [-0.39, 0.29) is 11.4 Å². The molecular weight excluding hydrogens is 198 g/mol. The van der Waals surface area contributed by atoms with Crippen molar-refractivity contribution >= 4 is 27.3 Å². The first kappa shape index (κ1) is 7.14. The highest BCUT2D eigenvalue weighted by molar-refractivity contribution is 9.10. The minimum atomic E-state index is 0.204. The largest absolute Gasteiger partial charge is 0.396 e. The molecule has 0 spiro atoms. The molecule has 2 N–H and O–H groups in total. The van der Waals surface area contributed by atoms with E-state index in [1.807, 2.05) is 0 Å². The average molecular weight is 202 g/mol. The van der Waals surface area contributed by atoms with Crippen molar-refractivity contribution < 1.29 is 0 Å². The van der Waals surface area contributed by atoms with Crippen molar-refractivity contribution in [3.05, 3.63) is 21.8 Å². The minimum absolute atomic E-state index is 0.204. The first-order chi connectivity index (χ1) is 4.75. The third-order valence-electron chi connectivity index (χ3n) is 0.992. The first-order valence-electron chi connectivity index (χ1n) is 2.48. The normalized spacial score (nSPS) is 9.30. The van der Waals surface area contributed by atoms with Crippen LogP contribution in [0.3, 0.4) is 0 Å². The molecule has 0 atom stereocenters. The molecule has 1 heterocycles. The summed E-state index contributed by atoms with van der Waals surface area (Å²) in [4.78, 5) is 13.8. The zero-order valence-corrected chi connectivity index (χ0v) is 6.50. The molecule has 52 valence electrons. The van der Waals surface area contributed by atoms with Gasteiger partial charge in [-0.1, -0.05) is 0 Å². The molecule has 0 unspecified atom stereocenters. The van der Waals surface area contributed by atoms with E-state index in [1.54, 1.807) is 0 Å². The summed E-state index contributed by atoms with van der Waals surface area (Å²) in [7, 11) is 0. The third-order valence-corrected chi connectivity index (χ3v) is 1.57. The number of hydrogen-bond acceptors (Lipinski definition) is 4. The highest BCUT2D eigenvalue weighted by atomic mass is 79.9.